The third kappa shape index (κ3) is 36.2. The number of aliphatic imine (C=N–C) groups is 2. The number of carboxylic acid groups (broad SMARTS) is 1. The van der Waals surface area contributed by atoms with E-state index in [0.29, 0.717) is 57.7 Å². The van der Waals surface area contributed by atoms with Crippen molar-refractivity contribution in [1.29, 1.82) is 0 Å². The van der Waals surface area contributed by atoms with Crippen LogP contribution in [0.2, 0.25) is 0 Å². The lowest BCUT2D eigenvalue weighted by atomic mass is 9.87. The SMILES string of the molecule is C.CC(C)(C)OC(=O)N1CCC(N)(C(N)=O)CC1.CC(C)(C)OC(=O)N1CCC(NC(=O)OCc2ccccc2)(C(=O)O)CC1.CC(C)(C)OC(=O)N1CCC(NC(=O)OCc2ccccc2)(C(N)=O)CC1.CC(C)(C)OC(=O)N1CCC2(CC1)N=C(c1ccccc1)NC2=O.CCO.COC(OC)(OC)c1ccccc1.Cc1ccccc1.O=C1NC(c2ccccc2)=NC12CCNCC2. The Morgan fingerprint density at radius 3 is 0.985 bits per heavy atom. The number of benzene rings is 6. The summed E-state index contributed by atoms with van der Waals surface area (Å²) in [5.74, 6) is -2.08. The monoisotopic (exact) mass is 1890 g/mol. The number of aryl methyl sites for hydroxylation is 1. The van der Waals surface area contributed by atoms with Gasteiger partial charge in [-0.1, -0.05) is 195 Å². The number of carbonyl (C=O) groups is 11. The molecule has 0 bridgehead atoms. The number of carbonyl (C=O) groups excluding carboxylic acids is 10. The van der Waals surface area contributed by atoms with Crippen molar-refractivity contribution in [3.63, 3.8) is 0 Å². The molecule has 36 heteroatoms. The fourth-order valence-electron chi connectivity index (χ4n) is 14.4. The summed E-state index contributed by atoms with van der Waals surface area (Å²) in [7, 11) is 4.62. The highest BCUT2D eigenvalue weighted by Gasteiger charge is 2.50. The van der Waals surface area contributed by atoms with Crippen molar-refractivity contribution in [2.45, 2.75) is 238 Å². The minimum absolute atomic E-state index is 0. The Morgan fingerprint density at radius 2 is 0.699 bits per heavy atom. The first kappa shape index (κ1) is 114. The zero-order valence-corrected chi connectivity index (χ0v) is 81.1. The number of likely N-dealkylation sites (tertiary alicyclic amines) is 4. The first-order valence-electron chi connectivity index (χ1n) is 45.0. The van der Waals surface area contributed by atoms with E-state index in [1.807, 2.05) is 199 Å². The van der Waals surface area contributed by atoms with E-state index in [0.717, 1.165) is 59.6 Å². The molecule has 0 aromatic heterocycles. The van der Waals surface area contributed by atoms with Gasteiger partial charge in [0, 0.05) is 97.0 Å². The van der Waals surface area contributed by atoms with E-state index in [2.05, 4.69) is 55.6 Å². The van der Waals surface area contributed by atoms with Gasteiger partial charge in [0.15, 0.2) is 0 Å². The average molecular weight is 1890 g/mol. The zero-order chi connectivity index (χ0) is 100. The van der Waals surface area contributed by atoms with Crippen LogP contribution in [0, 0.1) is 6.92 Å². The van der Waals surface area contributed by atoms with Gasteiger partial charge >= 0.3 is 48.5 Å². The van der Waals surface area contributed by atoms with Crippen LogP contribution in [0.3, 0.4) is 0 Å². The number of carboxylic acids is 1. The lowest BCUT2D eigenvalue weighted by Crippen LogP contribution is -2.63. The lowest BCUT2D eigenvalue weighted by molar-refractivity contribution is -0.364. The number of aliphatic hydroxyl groups excluding tert-OH is 1. The van der Waals surface area contributed by atoms with E-state index >= 15 is 0 Å². The van der Waals surface area contributed by atoms with E-state index in [4.69, 9.17) is 64.9 Å². The van der Waals surface area contributed by atoms with Crippen molar-refractivity contribution in [2.75, 3.05) is 93.4 Å². The number of amides is 10. The van der Waals surface area contributed by atoms with Crippen LogP contribution in [0.4, 0.5) is 28.8 Å². The second kappa shape index (κ2) is 52.5. The molecule has 36 nitrogen and oxygen atoms in total. The number of hydrogen-bond donors (Lipinski definition) is 10. The van der Waals surface area contributed by atoms with Gasteiger partial charge in [-0.15, -0.1) is 0 Å². The van der Waals surface area contributed by atoms with Crippen molar-refractivity contribution in [2.24, 2.45) is 27.2 Å². The summed E-state index contributed by atoms with van der Waals surface area (Å²) in [6.45, 7) is 30.0. The third-order valence-corrected chi connectivity index (χ3v) is 21.9. The molecular weight excluding hydrogens is 1750 g/mol. The van der Waals surface area contributed by atoms with E-state index in [1.165, 1.54) is 15.4 Å². The second-order valence-corrected chi connectivity index (χ2v) is 37.0. The number of nitrogens with two attached hydrogens (primary N) is 3. The van der Waals surface area contributed by atoms with E-state index in [9.17, 15) is 57.8 Å². The number of nitrogens with zero attached hydrogens (tertiary/aromatic N) is 6. The lowest BCUT2D eigenvalue weighted by Gasteiger charge is -2.39. The average Bonchev–Trinajstić information content (AvgIpc) is 1.80. The number of primary amides is 2. The summed E-state index contributed by atoms with van der Waals surface area (Å²) in [6.07, 6.45) is 0.715. The van der Waals surface area contributed by atoms with Crippen LogP contribution in [-0.2, 0) is 85.8 Å². The Hall–Kier alpha value is -12.6. The molecule has 136 heavy (non-hydrogen) atoms. The first-order chi connectivity index (χ1) is 63.5. The number of aliphatic hydroxyl groups is 1. The topological polar surface area (TPSA) is 487 Å². The quantitative estimate of drug-likeness (QED) is 0.0337. The molecule has 6 aromatic rings. The van der Waals surface area contributed by atoms with Crippen LogP contribution in [0.25, 0.3) is 0 Å². The maximum atomic E-state index is 12.5. The molecule has 10 amide bonds. The Balaban J connectivity index is 0.000000285. The van der Waals surface area contributed by atoms with Crippen molar-refractivity contribution >= 4 is 77.8 Å². The van der Waals surface area contributed by atoms with Crippen LogP contribution >= 0.6 is 0 Å². The van der Waals surface area contributed by atoms with Gasteiger partial charge in [-0.2, -0.15) is 0 Å². The smallest absolute Gasteiger partial charge is 0.410 e. The third-order valence-electron chi connectivity index (χ3n) is 21.9. The number of rotatable bonds is 15. The minimum atomic E-state index is -1.47. The van der Waals surface area contributed by atoms with Gasteiger partial charge in [0.05, 0.1) is 5.54 Å². The molecule has 0 radical (unpaired) electrons. The number of piperidine rings is 5. The second-order valence-electron chi connectivity index (χ2n) is 37.0. The van der Waals surface area contributed by atoms with Gasteiger partial charge in [-0.3, -0.25) is 29.2 Å². The first-order valence-corrected chi connectivity index (χ1v) is 45.0. The van der Waals surface area contributed by atoms with Gasteiger partial charge in [0.25, 0.3) is 11.8 Å². The molecule has 0 saturated carbocycles. The fourth-order valence-corrected chi connectivity index (χ4v) is 14.4. The molecular formula is C100H144N14O22. The van der Waals surface area contributed by atoms with Crippen LogP contribution in [0.15, 0.2) is 192 Å². The summed E-state index contributed by atoms with van der Waals surface area (Å²) in [5, 5.41) is 31.3. The van der Waals surface area contributed by atoms with Crippen LogP contribution in [0.5, 0.6) is 0 Å². The highest BCUT2D eigenvalue weighted by molar-refractivity contribution is 6.16. The Labute approximate surface area is 799 Å². The summed E-state index contributed by atoms with van der Waals surface area (Å²) < 4.78 is 47.1. The largest absolute Gasteiger partial charge is 0.480 e. The number of hydrogen-bond acceptors (Lipinski definition) is 25. The van der Waals surface area contributed by atoms with Gasteiger partial charge in [-0.25, -0.2) is 33.6 Å². The molecule has 6 aromatic carbocycles. The molecule has 7 heterocycles. The number of alkyl carbamates (subject to hydrolysis) is 2. The Morgan fingerprint density at radius 1 is 0.419 bits per heavy atom. The van der Waals surface area contributed by atoms with Crippen LogP contribution < -0.4 is 43.8 Å². The molecule has 2 spiro atoms. The number of aliphatic carboxylic acids is 1. The molecule has 5 saturated heterocycles. The van der Waals surface area contributed by atoms with Crippen molar-refractivity contribution in [1.82, 2.24) is 46.2 Å². The summed E-state index contributed by atoms with van der Waals surface area (Å²) in [5.41, 5.74) is 15.0. The molecule has 7 aliphatic heterocycles. The van der Waals surface area contributed by atoms with Crippen LogP contribution in [0.1, 0.15) is 195 Å². The van der Waals surface area contributed by atoms with E-state index in [1.54, 1.807) is 91.7 Å². The molecule has 0 aliphatic carbocycles. The number of methoxy groups -OCH3 is 3. The van der Waals surface area contributed by atoms with Crippen molar-refractivity contribution < 1.29 is 106 Å². The van der Waals surface area contributed by atoms with Gasteiger partial charge < -0.3 is 116 Å². The maximum absolute atomic E-state index is 12.5. The Kier molecular flexibility index (Phi) is 43.9. The fraction of sp³-hybridized carbons (Fsp3) is 0.510. The molecule has 13 rings (SSSR count). The van der Waals surface area contributed by atoms with Crippen LogP contribution in [-0.4, -0.2) is 251 Å². The molecule has 746 valence electrons. The van der Waals surface area contributed by atoms with Gasteiger partial charge in [0.2, 0.25) is 11.8 Å². The molecule has 0 atom stereocenters. The summed E-state index contributed by atoms with van der Waals surface area (Å²) in [4.78, 5) is 147. The predicted molar refractivity (Wildman–Crippen MR) is 516 cm³/mol. The molecule has 0 unspecified atom stereocenters. The molecule has 13 N–H and O–H groups in total. The van der Waals surface area contributed by atoms with Gasteiger partial charge in [-0.05, 0) is 185 Å². The van der Waals surface area contributed by atoms with E-state index < -0.39 is 98.2 Å². The highest BCUT2D eigenvalue weighted by Crippen LogP contribution is 2.34. The van der Waals surface area contributed by atoms with Crippen molar-refractivity contribution in [3.8, 4) is 0 Å². The standard InChI is InChI=1S/C19H27N3O5.C19H26N2O6.C18H23N3O3.C13H15N3O.C11H21N3O3.C10H14O3.C7H8.C2H6O.CH4/c1-18(2,3)27-17(25)22-11-9-19(10-12-22,15(20)23)21-16(24)26-13-14-7-5-4-6-8-14;1-18(2,3)27-17(25)21-11-9-19(10-12-21,15(22)23)20-16(24)26-13-14-7-5-4-6-8-14;1-17(2,3)24-16(23)21-11-9-18(10-12-21)15(22)19-14(20-18)13-7-5-4-6-8-13;17-12-13(6-8-14-9-7-13)16-11(15-12)10-4-2-1-3-5-10;1-10(2,3)17-9(16)14-6-4-11(13,5-7-14)8(12)15;1-11-10(12-2,13-3)9-7-5-4-6-8-9;1-7-5-3-2-4-6-7;1-2-3;/h4-8H,9-13H2,1-3H3,(H2,20,23)(H,21,24);4-8H,9-13H2,1-3H3,(H,20,24)(H,22,23);4-8H,9-12H2,1-3H3,(H,19,20,22);1-5,14H,6-9H2,(H,15,16,17);4-7,13H2,1-3H3,(H2,12,15);4-8H,1-3H3;2-6H,1H3;3H,2H2,1H3;1H4. The summed E-state index contributed by atoms with van der Waals surface area (Å²) in [6, 6.07) is 57.5. The van der Waals surface area contributed by atoms with Crippen molar-refractivity contribution in [3.05, 3.63) is 215 Å². The molecule has 5 fully saturated rings. The number of ether oxygens (including phenoxy) is 9. The highest BCUT2D eigenvalue weighted by atomic mass is 16.9. The van der Waals surface area contributed by atoms with E-state index in [-0.39, 0.29) is 103 Å². The van der Waals surface area contributed by atoms with Gasteiger partial charge in [0.1, 0.15) is 69.4 Å². The maximum Gasteiger partial charge on any atom is 0.410 e. The Bertz CT molecular complexity index is 4710. The predicted octanol–water partition coefficient (Wildman–Crippen LogP) is 12.5. The minimum Gasteiger partial charge on any atom is -0.480 e. The normalized spacial score (nSPS) is 17.0. The number of amidine groups is 2. The zero-order valence-electron chi connectivity index (χ0n) is 81.1. The molecule has 7 aliphatic rings. The number of nitrogens with one attached hydrogen (secondary N) is 5. The summed E-state index contributed by atoms with van der Waals surface area (Å²) >= 11 is 0.